The maximum Gasteiger partial charge on any atom is 0.325 e. The lowest BCUT2D eigenvalue weighted by Gasteiger charge is -2.14. The van der Waals surface area contributed by atoms with Gasteiger partial charge in [0.15, 0.2) is 11.5 Å². The van der Waals surface area contributed by atoms with Gasteiger partial charge in [-0.3, -0.25) is 8.96 Å². The summed E-state index contributed by atoms with van der Waals surface area (Å²) in [5.41, 5.74) is 0.669. The predicted molar refractivity (Wildman–Crippen MR) is 102 cm³/mol. The van der Waals surface area contributed by atoms with Crippen LogP contribution in [0.1, 0.15) is 6.42 Å². The Bertz CT molecular complexity index is 942. The highest BCUT2D eigenvalue weighted by atomic mass is 19.1. The first kappa shape index (κ1) is 18.5. The molecular weight excluding hydrogens is 351 g/mol. The summed E-state index contributed by atoms with van der Waals surface area (Å²) in [7, 11) is 3.33. The number of rotatable bonds is 7. The summed E-state index contributed by atoms with van der Waals surface area (Å²) < 4.78 is 25.6. The fraction of sp³-hybridized carbons (Fsp3) is 0.263. The minimum Gasteiger partial charge on any atom is -0.489 e. The standard InChI is InChI=1S/C19H21FN4O3/c1-21-18-11-14(4-7-23-18)27-17-10-13-5-8-24(19(25)22-2)15(13)12-16(17)26-9-3-6-20/h4-5,7-8,10-12H,3,6,9H2,1-2H3,(H,21,23)(H,22,25). The Morgan fingerprint density at radius 3 is 2.81 bits per heavy atom. The van der Waals surface area contributed by atoms with Gasteiger partial charge in [-0.05, 0) is 18.2 Å². The van der Waals surface area contributed by atoms with E-state index < -0.39 is 6.67 Å². The molecule has 2 aromatic heterocycles. The van der Waals surface area contributed by atoms with Crippen LogP contribution in [0.25, 0.3) is 10.9 Å². The highest BCUT2D eigenvalue weighted by molar-refractivity contribution is 5.93. The predicted octanol–water partition coefficient (Wildman–Crippen LogP) is 3.80. The van der Waals surface area contributed by atoms with Gasteiger partial charge in [0.05, 0.1) is 18.8 Å². The number of hydrogen-bond donors (Lipinski definition) is 2. The second kappa shape index (κ2) is 8.39. The van der Waals surface area contributed by atoms with E-state index in [-0.39, 0.29) is 19.1 Å². The van der Waals surface area contributed by atoms with Crippen LogP contribution in [0.3, 0.4) is 0 Å². The number of aromatic nitrogens is 2. The van der Waals surface area contributed by atoms with Gasteiger partial charge in [0.1, 0.15) is 11.6 Å². The third kappa shape index (κ3) is 4.11. The minimum atomic E-state index is -0.469. The molecule has 0 atom stereocenters. The largest absolute Gasteiger partial charge is 0.489 e. The Balaban J connectivity index is 2.00. The molecule has 3 rings (SSSR count). The molecule has 142 valence electrons. The Labute approximate surface area is 156 Å². The zero-order chi connectivity index (χ0) is 19.2. The van der Waals surface area contributed by atoms with E-state index in [4.69, 9.17) is 9.47 Å². The van der Waals surface area contributed by atoms with Crippen molar-refractivity contribution in [3.05, 3.63) is 42.7 Å². The number of ether oxygens (including phenoxy) is 2. The van der Waals surface area contributed by atoms with Gasteiger partial charge >= 0.3 is 6.03 Å². The molecule has 0 fully saturated rings. The Morgan fingerprint density at radius 2 is 2.07 bits per heavy atom. The zero-order valence-corrected chi connectivity index (χ0v) is 15.2. The molecule has 27 heavy (non-hydrogen) atoms. The molecule has 0 bridgehead atoms. The number of nitrogens with zero attached hydrogens (tertiary/aromatic N) is 2. The van der Waals surface area contributed by atoms with E-state index in [9.17, 15) is 9.18 Å². The number of benzene rings is 1. The summed E-state index contributed by atoms with van der Waals surface area (Å²) in [5.74, 6) is 2.15. The third-order valence-corrected chi connectivity index (χ3v) is 3.94. The number of amides is 1. The lowest BCUT2D eigenvalue weighted by molar-refractivity contribution is 0.245. The van der Waals surface area contributed by atoms with E-state index in [0.29, 0.717) is 28.6 Å². The van der Waals surface area contributed by atoms with Gasteiger partial charge in [0, 0.05) is 50.4 Å². The van der Waals surface area contributed by atoms with Crippen molar-refractivity contribution >= 4 is 22.8 Å². The lowest BCUT2D eigenvalue weighted by atomic mass is 10.2. The number of anilines is 1. The van der Waals surface area contributed by atoms with Crippen molar-refractivity contribution < 1.29 is 18.7 Å². The molecule has 7 nitrogen and oxygen atoms in total. The number of fused-ring (bicyclic) bond motifs is 1. The van der Waals surface area contributed by atoms with Crippen molar-refractivity contribution in [2.45, 2.75) is 6.42 Å². The van der Waals surface area contributed by atoms with Crippen LogP contribution in [0.4, 0.5) is 15.0 Å². The first-order valence-electron chi connectivity index (χ1n) is 8.54. The number of nitrogens with one attached hydrogen (secondary N) is 2. The summed E-state index contributed by atoms with van der Waals surface area (Å²) in [4.78, 5) is 16.2. The van der Waals surface area contributed by atoms with Gasteiger partial charge < -0.3 is 20.1 Å². The molecule has 0 radical (unpaired) electrons. The number of carbonyl (C=O) groups is 1. The topological polar surface area (TPSA) is 77.4 Å². The maximum atomic E-state index is 12.5. The van der Waals surface area contributed by atoms with Crippen LogP contribution >= 0.6 is 0 Å². The zero-order valence-electron chi connectivity index (χ0n) is 15.2. The molecule has 1 amide bonds. The number of halogens is 1. The van der Waals surface area contributed by atoms with Crippen LogP contribution in [0, 0.1) is 0 Å². The fourth-order valence-electron chi connectivity index (χ4n) is 2.61. The van der Waals surface area contributed by atoms with Crippen molar-refractivity contribution in [2.24, 2.45) is 0 Å². The van der Waals surface area contributed by atoms with E-state index in [1.54, 1.807) is 50.8 Å². The van der Waals surface area contributed by atoms with Crippen LogP contribution in [-0.2, 0) is 0 Å². The van der Waals surface area contributed by atoms with Crippen molar-refractivity contribution in [1.82, 2.24) is 14.9 Å². The van der Waals surface area contributed by atoms with Crippen LogP contribution in [0.2, 0.25) is 0 Å². The Hall–Kier alpha value is -3.29. The SMILES string of the molecule is CNC(=O)n1ccc2cc(Oc3ccnc(NC)c3)c(OCCCF)cc21. The number of alkyl halides is 1. The average molecular weight is 372 g/mol. The van der Waals surface area contributed by atoms with Crippen LogP contribution in [0.15, 0.2) is 42.7 Å². The van der Waals surface area contributed by atoms with Gasteiger partial charge in [-0.15, -0.1) is 0 Å². The number of pyridine rings is 1. The fourth-order valence-corrected chi connectivity index (χ4v) is 2.61. The quantitative estimate of drug-likeness (QED) is 0.617. The van der Waals surface area contributed by atoms with Gasteiger partial charge in [-0.1, -0.05) is 0 Å². The van der Waals surface area contributed by atoms with E-state index in [2.05, 4.69) is 15.6 Å². The first-order valence-corrected chi connectivity index (χ1v) is 8.54. The molecular formula is C19H21FN4O3. The van der Waals surface area contributed by atoms with Crippen molar-refractivity contribution in [3.8, 4) is 17.2 Å². The number of carbonyl (C=O) groups excluding carboxylic acids is 1. The van der Waals surface area contributed by atoms with Gasteiger partial charge in [0.2, 0.25) is 0 Å². The average Bonchev–Trinajstić information content (AvgIpc) is 3.10. The van der Waals surface area contributed by atoms with Gasteiger partial charge in [-0.2, -0.15) is 0 Å². The molecule has 1 aromatic carbocycles. The van der Waals surface area contributed by atoms with E-state index in [1.807, 2.05) is 6.07 Å². The second-order valence-corrected chi connectivity index (χ2v) is 5.72. The van der Waals surface area contributed by atoms with Gasteiger partial charge in [0.25, 0.3) is 0 Å². The van der Waals surface area contributed by atoms with Crippen molar-refractivity contribution in [1.29, 1.82) is 0 Å². The highest BCUT2D eigenvalue weighted by Crippen LogP contribution is 2.36. The first-order chi connectivity index (χ1) is 13.2. The smallest absolute Gasteiger partial charge is 0.325 e. The Morgan fingerprint density at radius 1 is 1.22 bits per heavy atom. The highest BCUT2D eigenvalue weighted by Gasteiger charge is 2.14. The maximum absolute atomic E-state index is 12.5. The Kier molecular flexibility index (Phi) is 5.75. The molecule has 0 saturated heterocycles. The molecule has 0 aliphatic heterocycles. The molecule has 8 heteroatoms. The molecule has 0 unspecified atom stereocenters. The van der Waals surface area contributed by atoms with Crippen molar-refractivity contribution in [2.75, 3.05) is 32.7 Å². The van der Waals surface area contributed by atoms with Crippen LogP contribution in [-0.4, -0.2) is 43.0 Å². The summed E-state index contributed by atoms with van der Waals surface area (Å²) in [6.45, 7) is -0.264. The molecule has 0 spiro atoms. The summed E-state index contributed by atoms with van der Waals surface area (Å²) in [6, 6.07) is 8.55. The lowest BCUT2D eigenvalue weighted by Crippen LogP contribution is -2.23. The molecule has 0 aliphatic rings. The number of hydrogen-bond acceptors (Lipinski definition) is 5. The van der Waals surface area contributed by atoms with Crippen molar-refractivity contribution in [3.63, 3.8) is 0 Å². The summed E-state index contributed by atoms with van der Waals surface area (Å²) in [6.07, 6.45) is 3.57. The third-order valence-electron chi connectivity index (χ3n) is 3.94. The normalized spacial score (nSPS) is 10.6. The molecule has 2 heterocycles. The molecule has 3 aromatic rings. The monoisotopic (exact) mass is 372 g/mol. The van der Waals surface area contributed by atoms with Crippen LogP contribution in [0.5, 0.6) is 17.2 Å². The van der Waals surface area contributed by atoms with Crippen LogP contribution < -0.4 is 20.1 Å². The summed E-state index contributed by atoms with van der Waals surface area (Å²) in [5, 5.41) is 6.35. The summed E-state index contributed by atoms with van der Waals surface area (Å²) >= 11 is 0. The van der Waals surface area contributed by atoms with Gasteiger partial charge in [-0.25, -0.2) is 9.78 Å². The molecule has 0 saturated carbocycles. The minimum absolute atomic E-state index is 0.206. The second-order valence-electron chi connectivity index (χ2n) is 5.72. The van der Waals surface area contributed by atoms with E-state index in [1.165, 1.54) is 4.57 Å². The molecule has 2 N–H and O–H groups in total. The van der Waals surface area contributed by atoms with E-state index >= 15 is 0 Å². The van der Waals surface area contributed by atoms with E-state index in [0.717, 1.165) is 5.39 Å². The molecule has 0 aliphatic carbocycles.